The summed E-state index contributed by atoms with van der Waals surface area (Å²) < 4.78 is 0. The second-order valence-corrected chi connectivity index (χ2v) is 3.62. The van der Waals surface area contributed by atoms with Crippen LogP contribution in [0.3, 0.4) is 0 Å². The molecule has 0 bridgehead atoms. The molecular formula is C12H16O3. The van der Waals surface area contributed by atoms with Crippen LogP contribution in [-0.2, 0) is 0 Å². The van der Waals surface area contributed by atoms with Gasteiger partial charge < -0.3 is 10.2 Å². The Balaban J connectivity index is 2.61. The molecule has 0 aromatic heterocycles. The Morgan fingerprint density at radius 3 is 2.80 bits per heavy atom. The van der Waals surface area contributed by atoms with E-state index in [9.17, 15) is 15.0 Å². The number of phenols is 1. The maximum Gasteiger partial charge on any atom is 0.165 e. The van der Waals surface area contributed by atoms with Gasteiger partial charge in [-0.1, -0.05) is 25.5 Å². The summed E-state index contributed by atoms with van der Waals surface area (Å²) in [5.74, 6) is -0.0577. The number of aliphatic hydroxyl groups excluding tert-OH is 1. The zero-order chi connectivity index (χ0) is 11.3. The third-order valence-corrected chi connectivity index (χ3v) is 2.21. The third-order valence-electron chi connectivity index (χ3n) is 2.21. The van der Waals surface area contributed by atoms with Crippen LogP contribution in [0.5, 0.6) is 5.75 Å². The SMILES string of the molecule is CCCC(O)CC(=O)c1cccc(O)c1. The van der Waals surface area contributed by atoms with Gasteiger partial charge in [0, 0.05) is 12.0 Å². The van der Waals surface area contributed by atoms with Gasteiger partial charge >= 0.3 is 0 Å². The number of aromatic hydroxyl groups is 1. The molecule has 0 saturated carbocycles. The van der Waals surface area contributed by atoms with Crippen LogP contribution < -0.4 is 0 Å². The predicted molar refractivity (Wildman–Crippen MR) is 58.0 cm³/mol. The van der Waals surface area contributed by atoms with Crippen molar-refractivity contribution < 1.29 is 15.0 Å². The topological polar surface area (TPSA) is 57.5 Å². The molecule has 0 aliphatic rings. The van der Waals surface area contributed by atoms with E-state index in [4.69, 9.17) is 0 Å². The van der Waals surface area contributed by atoms with E-state index >= 15 is 0 Å². The molecule has 2 N–H and O–H groups in total. The molecule has 1 unspecified atom stereocenters. The molecule has 15 heavy (non-hydrogen) atoms. The molecule has 0 amide bonds. The van der Waals surface area contributed by atoms with Crippen LogP contribution in [0.4, 0.5) is 0 Å². The first-order valence-corrected chi connectivity index (χ1v) is 5.13. The Morgan fingerprint density at radius 1 is 1.47 bits per heavy atom. The summed E-state index contributed by atoms with van der Waals surface area (Å²) in [6.45, 7) is 1.96. The molecule has 0 aliphatic carbocycles. The molecule has 1 aromatic rings. The zero-order valence-electron chi connectivity index (χ0n) is 8.81. The molecular weight excluding hydrogens is 192 g/mol. The first kappa shape index (κ1) is 11.7. The van der Waals surface area contributed by atoms with Gasteiger partial charge in [-0.25, -0.2) is 0 Å². The Kier molecular flexibility index (Phi) is 4.31. The predicted octanol–water partition coefficient (Wildman–Crippen LogP) is 2.13. The molecule has 1 rings (SSSR count). The van der Waals surface area contributed by atoms with Gasteiger partial charge in [-0.05, 0) is 18.6 Å². The average Bonchev–Trinajstić information content (AvgIpc) is 2.18. The molecule has 0 spiro atoms. The van der Waals surface area contributed by atoms with E-state index in [1.165, 1.54) is 12.1 Å². The van der Waals surface area contributed by atoms with E-state index < -0.39 is 6.10 Å². The first-order valence-electron chi connectivity index (χ1n) is 5.13. The molecule has 82 valence electrons. The van der Waals surface area contributed by atoms with E-state index in [0.29, 0.717) is 12.0 Å². The Labute approximate surface area is 89.4 Å². The van der Waals surface area contributed by atoms with Crippen molar-refractivity contribution in [2.45, 2.75) is 32.3 Å². The number of carbonyl (C=O) groups is 1. The monoisotopic (exact) mass is 208 g/mol. The number of ketones is 1. The first-order chi connectivity index (χ1) is 7.13. The van der Waals surface area contributed by atoms with Crippen LogP contribution in [-0.4, -0.2) is 22.1 Å². The standard InChI is InChI=1S/C12H16O3/c1-2-4-10(13)8-12(15)9-5-3-6-11(14)7-9/h3,5-7,10,13-14H,2,4,8H2,1H3. The lowest BCUT2D eigenvalue weighted by molar-refractivity contribution is 0.0867. The van der Waals surface area contributed by atoms with Gasteiger partial charge in [-0.3, -0.25) is 4.79 Å². The second-order valence-electron chi connectivity index (χ2n) is 3.62. The van der Waals surface area contributed by atoms with Gasteiger partial charge in [0.2, 0.25) is 0 Å². The molecule has 0 radical (unpaired) electrons. The number of hydrogen-bond acceptors (Lipinski definition) is 3. The fourth-order valence-electron chi connectivity index (χ4n) is 1.45. The molecule has 0 aliphatic heterocycles. The number of hydrogen-bond donors (Lipinski definition) is 2. The molecule has 3 heteroatoms. The Morgan fingerprint density at radius 2 is 2.20 bits per heavy atom. The summed E-state index contributed by atoms with van der Waals surface area (Å²) >= 11 is 0. The fraction of sp³-hybridized carbons (Fsp3) is 0.417. The highest BCUT2D eigenvalue weighted by Crippen LogP contribution is 2.14. The number of Topliss-reactive ketones (excluding diaryl/α,β-unsaturated/α-hetero) is 1. The van der Waals surface area contributed by atoms with Crippen molar-refractivity contribution in [2.75, 3.05) is 0 Å². The average molecular weight is 208 g/mol. The van der Waals surface area contributed by atoms with Crippen molar-refractivity contribution in [3.05, 3.63) is 29.8 Å². The van der Waals surface area contributed by atoms with Gasteiger partial charge in [0.25, 0.3) is 0 Å². The van der Waals surface area contributed by atoms with E-state index in [1.807, 2.05) is 6.92 Å². The van der Waals surface area contributed by atoms with Crippen molar-refractivity contribution in [2.24, 2.45) is 0 Å². The lowest BCUT2D eigenvalue weighted by Crippen LogP contribution is -2.13. The van der Waals surface area contributed by atoms with E-state index in [0.717, 1.165) is 6.42 Å². The molecule has 0 heterocycles. The highest BCUT2D eigenvalue weighted by atomic mass is 16.3. The summed E-state index contributed by atoms with van der Waals surface area (Å²) in [6.07, 6.45) is 1.03. The number of carbonyl (C=O) groups excluding carboxylic acids is 1. The molecule has 0 fully saturated rings. The van der Waals surface area contributed by atoms with Crippen LogP contribution in [0.2, 0.25) is 0 Å². The van der Waals surface area contributed by atoms with E-state index in [2.05, 4.69) is 0 Å². The minimum absolute atomic E-state index is 0.0748. The van der Waals surface area contributed by atoms with Crippen LogP contribution in [0.15, 0.2) is 24.3 Å². The zero-order valence-corrected chi connectivity index (χ0v) is 8.81. The summed E-state index contributed by atoms with van der Waals surface area (Å²) in [7, 11) is 0. The Bertz CT molecular complexity index is 333. The minimum Gasteiger partial charge on any atom is -0.508 e. The largest absolute Gasteiger partial charge is 0.508 e. The Hall–Kier alpha value is -1.35. The fourth-order valence-corrected chi connectivity index (χ4v) is 1.45. The van der Waals surface area contributed by atoms with Crippen LogP contribution in [0.25, 0.3) is 0 Å². The van der Waals surface area contributed by atoms with Crippen molar-refractivity contribution in [3.8, 4) is 5.75 Å². The van der Waals surface area contributed by atoms with Crippen LogP contribution in [0, 0.1) is 0 Å². The van der Waals surface area contributed by atoms with Crippen molar-refractivity contribution in [1.82, 2.24) is 0 Å². The number of aliphatic hydroxyl groups is 1. The molecule has 1 atom stereocenters. The normalized spacial score (nSPS) is 12.4. The molecule has 1 aromatic carbocycles. The van der Waals surface area contributed by atoms with E-state index in [-0.39, 0.29) is 18.0 Å². The summed E-state index contributed by atoms with van der Waals surface area (Å²) in [5.41, 5.74) is 0.449. The van der Waals surface area contributed by atoms with Crippen molar-refractivity contribution >= 4 is 5.78 Å². The smallest absolute Gasteiger partial charge is 0.165 e. The third kappa shape index (κ3) is 3.72. The molecule has 3 nitrogen and oxygen atoms in total. The summed E-state index contributed by atoms with van der Waals surface area (Å²) in [5, 5.41) is 18.7. The van der Waals surface area contributed by atoms with Gasteiger partial charge in [0.15, 0.2) is 5.78 Å². The maximum atomic E-state index is 11.6. The van der Waals surface area contributed by atoms with Gasteiger partial charge in [0.1, 0.15) is 5.75 Å². The van der Waals surface area contributed by atoms with Gasteiger partial charge in [-0.15, -0.1) is 0 Å². The van der Waals surface area contributed by atoms with Gasteiger partial charge in [0.05, 0.1) is 6.10 Å². The lowest BCUT2D eigenvalue weighted by Gasteiger charge is -2.07. The van der Waals surface area contributed by atoms with Gasteiger partial charge in [-0.2, -0.15) is 0 Å². The minimum atomic E-state index is -0.579. The molecule has 0 saturated heterocycles. The highest BCUT2D eigenvalue weighted by molar-refractivity contribution is 5.96. The van der Waals surface area contributed by atoms with Crippen LogP contribution >= 0.6 is 0 Å². The maximum absolute atomic E-state index is 11.6. The van der Waals surface area contributed by atoms with Crippen molar-refractivity contribution in [1.29, 1.82) is 0 Å². The highest BCUT2D eigenvalue weighted by Gasteiger charge is 2.12. The number of rotatable bonds is 5. The lowest BCUT2D eigenvalue weighted by atomic mass is 10.0. The second kappa shape index (κ2) is 5.51. The summed E-state index contributed by atoms with van der Waals surface area (Å²) in [6, 6.07) is 6.19. The summed E-state index contributed by atoms with van der Waals surface area (Å²) in [4.78, 5) is 11.6. The van der Waals surface area contributed by atoms with Crippen LogP contribution in [0.1, 0.15) is 36.5 Å². The van der Waals surface area contributed by atoms with Crippen molar-refractivity contribution in [3.63, 3.8) is 0 Å². The quantitative estimate of drug-likeness (QED) is 0.729. The van der Waals surface area contributed by atoms with E-state index in [1.54, 1.807) is 12.1 Å². The number of benzene rings is 1. The number of phenolic OH excluding ortho intramolecular Hbond substituents is 1.